The van der Waals surface area contributed by atoms with Gasteiger partial charge in [0.1, 0.15) is 5.57 Å². The molecule has 5 heteroatoms. The molecule has 1 heterocycles. The second kappa shape index (κ2) is 7.22. The molecule has 0 aliphatic carbocycles. The first kappa shape index (κ1) is 18.8. The monoisotopic (exact) mass is 406 g/mol. The Morgan fingerprint density at radius 2 is 1.42 bits per heavy atom. The van der Waals surface area contributed by atoms with Gasteiger partial charge in [0, 0.05) is 0 Å². The number of carbonyl (C=O) groups excluding carboxylic acids is 3. The predicted octanol–water partition coefficient (Wildman–Crippen LogP) is 4.97. The average Bonchev–Trinajstić information content (AvgIpc) is 2.76. The number of urea groups is 1. The Morgan fingerprint density at radius 1 is 0.774 bits per heavy atom. The summed E-state index contributed by atoms with van der Waals surface area (Å²) >= 11 is 0. The number of rotatable bonds is 2. The zero-order valence-electron chi connectivity index (χ0n) is 16.8. The molecule has 0 spiro atoms. The highest BCUT2D eigenvalue weighted by molar-refractivity contribution is 6.39. The molecule has 0 radical (unpaired) electrons. The van der Waals surface area contributed by atoms with Crippen molar-refractivity contribution >= 4 is 51.2 Å². The summed E-state index contributed by atoms with van der Waals surface area (Å²) in [4.78, 5) is 39.5. The number of amides is 4. The Kier molecular flexibility index (Phi) is 4.37. The highest BCUT2D eigenvalue weighted by atomic mass is 16.2. The van der Waals surface area contributed by atoms with E-state index in [4.69, 9.17) is 0 Å². The van der Waals surface area contributed by atoms with Crippen molar-refractivity contribution in [3.05, 3.63) is 95.6 Å². The topological polar surface area (TPSA) is 66.5 Å². The molecular formula is C26H18N2O3. The summed E-state index contributed by atoms with van der Waals surface area (Å²) in [7, 11) is 0. The van der Waals surface area contributed by atoms with Gasteiger partial charge in [0.2, 0.25) is 0 Å². The van der Waals surface area contributed by atoms with E-state index in [0.29, 0.717) is 5.69 Å². The average molecular weight is 406 g/mol. The van der Waals surface area contributed by atoms with Gasteiger partial charge >= 0.3 is 6.03 Å². The summed E-state index contributed by atoms with van der Waals surface area (Å²) in [6.45, 7) is 1.87. The van der Waals surface area contributed by atoms with Crippen molar-refractivity contribution < 1.29 is 14.4 Å². The molecule has 0 bridgehead atoms. The highest BCUT2D eigenvalue weighted by Gasteiger charge is 2.37. The van der Waals surface area contributed by atoms with Crippen molar-refractivity contribution in [3.8, 4) is 0 Å². The smallest absolute Gasteiger partial charge is 0.273 e. The molecule has 4 amide bonds. The van der Waals surface area contributed by atoms with E-state index in [0.717, 1.165) is 37.6 Å². The standard InChI is InChI=1S/C26H18N2O3/c1-16-7-6-10-19(13-16)28-25(30)23(24(29)27-26(28)31)15-22-20-11-4-2-8-17(20)14-18-9-3-5-12-21(18)22/h2-15H,1H3,(H,27,29,31)/b23-15-. The van der Waals surface area contributed by atoms with Crippen LogP contribution in [-0.2, 0) is 9.59 Å². The van der Waals surface area contributed by atoms with Crippen molar-refractivity contribution in [1.29, 1.82) is 0 Å². The number of barbiturate groups is 1. The van der Waals surface area contributed by atoms with Crippen LogP contribution >= 0.6 is 0 Å². The van der Waals surface area contributed by atoms with Gasteiger partial charge in [0.15, 0.2) is 0 Å². The minimum absolute atomic E-state index is 0.0809. The number of nitrogens with one attached hydrogen (secondary N) is 1. The number of imide groups is 2. The zero-order valence-corrected chi connectivity index (χ0v) is 16.8. The van der Waals surface area contributed by atoms with E-state index in [2.05, 4.69) is 11.4 Å². The maximum atomic E-state index is 13.3. The third kappa shape index (κ3) is 3.16. The number of aryl methyl sites for hydroxylation is 1. The van der Waals surface area contributed by atoms with Gasteiger partial charge in [0.25, 0.3) is 11.8 Å². The molecule has 0 unspecified atom stereocenters. The number of nitrogens with zero attached hydrogens (tertiary/aromatic N) is 1. The fraction of sp³-hybridized carbons (Fsp3) is 0.0385. The molecule has 0 aromatic heterocycles. The Balaban J connectivity index is 1.73. The fourth-order valence-electron chi connectivity index (χ4n) is 4.01. The maximum Gasteiger partial charge on any atom is 0.335 e. The van der Waals surface area contributed by atoms with E-state index in [-0.39, 0.29) is 5.57 Å². The summed E-state index contributed by atoms with van der Waals surface area (Å²) in [6, 6.07) is 24.0. The van der Waals surface area contributed by atoms with E-state index in [1.54, 1.807) is 24.3 Å². The molecule has 4 aromatic rings. The molecule has 4 aromatic carbocycles. The third-order valence-corrected chi connectivity index (χ3v) is 5.46. The van der Waals surface area contributed by atoms with Crippen molar-refractivity contribution in [2.45, 2.75) is 6.92 Å². The lowest BCUT2D eigenvalue weighted by Gasteiger charge is -2.26. The van der Waals surface area contributed by atoms with Gasteiger partial charge in [-0.15, -0.1) is 0 Å². The molecule has 1 fully saturated rings. The quantitative estimate of drug-likeness (QED) is 0.290. The fourth-order valence-corrected chi connectivity index (χ4v) is 4.01. The van der Waals surface area contributed by atoms with E-state index >= 15 is 0 Å². The van der Waals surface area contributed by atoms with Crippen LogP contribution < -0.4 is 10.2 Å². The minimum atomic E-state index is -0.750. The lowest BCUT2D eigenvalue weighted by atomic mass is 9.94. The van der Waals surface area contributed by atoms with Gasteiger partial charge in [0.05, 0.1) is 5.69 Å². The summed E-state index contributed by atoms with van der Waals surface area (Å²) in [5.41, 5.74) is 2.01. The van der Waals surface area contributed by atoms with Crippen LogP contribution in [0.4, 0.5) is 10.5 Å². The second-order valence-electron chi connectivity index (χ2n) is 7.53. The SMILES string of the molecule is Cc1cccc(N2C(=O)NC(=O)/C(=C/c3c4ccccc4cc4ccccc34)C2=O)c1. The van der Waals surface area contributed by atoms with E-state index in [1.165, 1.54) is 0 Å². The van der Waals surface area contributed by atoms with Crippen LogP contribution in [0.5, 0.6) is 0 Å². The molecule has 150 valence electrons. The summed E-state index contributed by atoms with van der Waals surface area (Å²) in [5.74, 6) is -1.34. The molecule has 1 aliphatic heterocycles. The number of carbonyl (C=O) groups is 3. The van der Waals surface area contributed by atoms with Gasteiger partial charge in [-0.3, -0.25) is 14.9 Å². The van der Waals surface area contributed by atoms with E-state index in [9.17, 15) is 14.4 Å². The van der Waals surface area contributed by atoms with Crippen molar-refractivity contribution in [2.75, 3.05) is 4.90 Å². The number of hydrogen-bond donors (Lipinski definition) is 1. The Labute approximate surface area is 178 Å². The van der Waals surface area contributed by atoms with E-state index in [1.807, 2.05) is 61.5 Å². The van der Waals surface area contributed by atoms with Crippen molar-refractivity contribution in [1.82, 2.24) is 5.32 Å². The molecule has 1 N–H and O–H groups in total. The van der Waals surface area contributed by atoms with Crippen molar-refractivity contribution in [2.24, 2.45) is 0 Å². The van der Waals surface area contributed by atoms with Gasteiger partial charge < -0.3 is 0 Å². The van der Waals surface area contributed by atoms with Crippen LogP contribution in [0.15, 0.2) is 84.4 Å². The van der Waals surface area contributed by atoms with Crippen LogP contribution in [-0.4, -0.2) is 17.8 Å². The Bertz CT molecular complexity index is 1380. The van der Waals surface area contributed by atoms with Crippen LogP contribution in [0.1, 0.15) is 11.1 Å². The molecule has 1 saturated heterocycles. The molecule has 31 heavy (non-hydrogen) atoms. The van der Waals surface area contributed by atoms with Gasteiger partial charge in [-0.1, -0.05) is 60.7 Å². The maximum absolute atomic E-state index is 13.3. The summed E-state index contributed by atoms with van der Waals surface area (Å²) in [6.07, 6.45) is 1.59. The van der Waals surface area contributed by atoms with Gasteiger partial charge in [-0.25, -0.2) is 9.69 Å². The third-order valence-electron chi connectivity index (χ3n) is 5.46. The number of fused-ring (bicyclic) bond motifs is 2. The first-order valence-electron chi connectivity index (χ1n) is 9.91. The largest absolute Gasteiger partial charge is 0.335 e. The second-order valence-corrected chi connectivity index (χ2v) is 7.53. The molecular weight excluding hydrogens is 388 g/mol. The van der Waals surface area contributed by atoms with Crippen LogP contribution in [0.25, 0.3) is 27.6 Å². The van der Waals surface area contributed by atoms with Crippen LogP contribution in [0.3, 0.4) is 0 Å². The highest BCUT2D eigenvalue weighted by Crippen LogP contribution is 2.31. The molecule has 5 nitrogen and oxygen atoms in total. The molecule has 5 rings (SSSR count). The zero-order chi connectivity index (χ0) is 21.5. The summed E-state index contributed by atoms with van der Waals surface area (Å²) < 4.78 is 0. The summed E-state index contributed by atoms with van der Waals surface area (Å²) in [5, 5.41) is 6.16. The van der Waals surface area contributed by atoms with E-state index < -0.39 is 17.8 Å². The molecule has 0 atom stereocenters. The lowest BCUT2D eigenvalue weighted by molar-refractivity contribution is -0.122. The normalized spacial score (nSPS) is 15.7. The first-order chi connectivity index (χ1) is 15.0. The van der Waals surface area contributed by atoms with Gasteiger partial charge in [-0.05, 0) is 63.9 Å². The number of hydrogen-bond acceptors (Lipinski definition) is 3. The van der Waals surface area contributed by atoms with Crippen LogP contribution in [0.2, 0.25) is 0 Å². The first-order valence-corrected chi connectivity index (χ1v) is 9.91. The molecule has 0 saturated carbocycles. The van der Waals surface area contributed by atoms with Gasteiger partial charge in [-0.2, -0.15) is 0 Å². The number of anilines is 1. The Morgan fingerprint density at radius 3 is 2.06 bits per heavy atom. The Hall–Kier alpha value is -4.25. The predicted molar refractivity (Wildman–Crippen MR) is 122 cm³/mol. The van der Waals surface area contributed by atoms with Crippen molar-refractivity contribution in [3.63, 3.8) is 0 Å². The number of benzene rings is 4. The minimum Gasteiger partial charge on any atom is -0.273 e. The molecule has 1 aliphatic rings. The van der Waals surface area contributed by atoms with Crippen LogP contribution in [0, 0.1) is 6.92 Å². The lowest BCUT2D eigenvalue weighted by Crippen LogP contribution is -2.54.